The molecule has 0 aromatic heterocycles. The van der Waals surface area contributed by atoms with Gasteiger partial charge in [0.2, 0.25) is 0 Å². The number of halogens is 2. The monoisotopic (exact) mass is 359 g/mol. The minimum absolute atomic E-state index is 0.125. The third-order valence-electron chi connectivity index (χ3n) is 3.22. The molecular weight excluding hydrogens is 337 g/mol. The molecule has 0 unspecified atom stereocenters. The number of carbonyl (C=O) groups is 2. The van der Waals surface area contributed by atoms with E-state index in [0.717, 1.165) is 6.07 Å². The quantitative estimate of drug-likeness (QED) is 0.720. The fraction of sp³-hybridized carbons (Fsp3) is 0.529. The third kappa shape index (κ3) is 6.00. The molecule has 24 heavy (non-hydrogen) atoms. The summed E-state index contributed by atoms with van der Waals surface area (Å²) < 4.78 is 23.7. The number of carbonyl (C=O) groups excluding carboxylic acids is 2. The second kappa shape index (κ2) is 8.87. The van der Waals surface area contributed by atoms with Crippen molar-refractivity contribution in [3.63, 3.8) is 0 Å². The maximum absolute atomic E-state index is 13.5. The fourth-order valence-electron chi connectivity index (χ4n) is 2.06. The van der Waals surface area contributed by atoms with Crippen molar-refractivity contribution in [3.8, 4) is 5.75 Å². The maximum atomic E-state index is 13.5. The van der Waals surface area contributed by atoms with Gasteiger partial charge in [0.25, 0.3) is 5.91 Å². The molecule has 0 fully saturated rings. The molecule has 5 nitrogen and oxygen atoms in total. The molecule has 0 aliphatic carbocycles. The van der Waals surface area contributed by atoms with Crippen LogP contribution in [0.2, 0.25) is 5.02 Å². The van der Waals surface area contributed by atoms with E-state index >= 15 is 0 Å². The zero-order valence-electron chi connectivity index (χ0n) is 14.4. The van der Waals surface area contributed by atoms with Crippen LogP contribution >= 0.6 is 11.6 Å². The van der Waals surface area contributed by atoms with Crippen LogP contribution < -0.4 is 10.1 Å². The molecular formula is C17H23ClFNO4. The van der Waals surface area contributed by atoms with Crippen molar-refractivity contribution in [2.24, 2.45) is 5.41 Å². The highest BCUT2D eigenvalue weighted by Gasteiger charge is 2.25. The molecule has 1 aromatic carbocycles. The average molecular weight is 360 g/mol. The van der Waals surface area contributed by atoms with Crippen LogP contribution in [0, 0.1) is 11.2 Å². The molecule has 0 atom stereocenters. The summed E-state index contributed by atoms with van der Waals surface area (Å²) in [5.41, 5.74) is -0.340. The summed E-state index contributed by atoms with van der Waals surface area (Å²) in [7, 11) is 0. The normalized spacial score (nSPS) is 11.1. The van der Waals surface area contributed by atoms with Crippen LogP contribution in [0.15, 0.2) is 12.1 Å². The minimum Gasteiger partial charge on any atom is -0.493 e. The van der Waals surface area contributed by atoms with Gasteiger partial charge in [-0.1, -0.05) is 25.4 Å². The second-order valence-corrected chi connectivity index (χ2v) is 6.43. The molecule has 0 spiro atoms. The third-order valence-corrected chi connectivity index (χ3v) is 3.51. The molecule has 1 amide bonds. The van der Waals surface area contributed by atoms with E-state index in [0.29, 0.717) is 6.61 Å². The lowest BCUT2D eigenvalue weighted by molar-refractivity contribution is -0.145. The molecule has 0 saturated carbocycles. The zero-order chi connectivity index (χ0) is 18.3. The first-order valence-electron chi connectivity index (χ1n) is 7.75. The number of esters is 1. The van der Waals surface area contributed by atoms with Crippen molar-refractivity contribution in [1.29, 1.82) is 0 Å². The highest BCUT2D eigenvalue weighted by molar-refractivity contribution is 6.31. The smallest absolute Gasteiger partial charge is 0.306 e. The number of ether oxygens (including phenoxy) is 2. The van der Waals surface area contributed by atoms with Gasteiger partial charge in [-0.3, -0.25) is 9.59 Å². The van der Waals surface area contributed by atoms with Gasteiger partial charge in [-0.15, -0.1) is 0 Å². The number of amides is 1. The number of hydrogen-bond acceptors (Lipinski definition) is 4. The summed E-state index contributed by atoms with van der Waals surface area (Å²) in [4.78, 5) is 24.0. The first kappa shape index (κ1) is 20.2. The summed E-state index contributed by atoms with van der Waals surface area (Å²) in [5, 5.41) is 2.57. The van der Waals surface area contributed by atoms with Crippen LogP contribution in [-0.4, -0.2) is 31.6 Å². The van der Waals surface area contributed by atoms with Crippen LogP contribution in [0.1, 0.15) is 44.5 Å². The molecule has 0 aliphatic heterocycles. The van der Waals surface area contributed by atoms with E-state index in [1.807, 2.05) is 13.8 Å². The van der Waals surface area contributed by atoms with Crippen molar-refractivity contribution in [1.82, 2.24) is 5.32 Å². The molecule has 0 saturated heterocycles. The predicted molar refractivity (Wildman–Crippen MR) is 89.9 cm³/mol. The van der Waals surface area contributed by atoms with Crippen LogP contribution in [-0.2, 0) is 9.53 Å². The van der Waals surface area contributed by atoms with Crippen LogP contribution in [0.5, 0.6) is 5.75 Å². The Morgan fingerprint density at radius 1 is 1.25 bits per heavy atom. The van der Waals surface area contributed by atoms with Gasteiger partial charge >= 0.3 is 5.97 Å². The predicted octanol–water partition coefficient (Wildman–Crippen LogP) is 3.59. The van der Waals surface area contributed by atoms with Gasteiger partial charge in [0, 0.05) is 12.6 Å². The molecule has 0 heterocycles. The molecule has 1 rings (SSSR count). The summed E-state index contributed by atoms with van der Waals surface area (Å²) in [6.07, 6.45) is 0.170. The number of benzene rings is 1. The second-order valence-electron chi connectivity index (χ2n) is 6.02. The highest BCUT2D eigenvalue weighted by atomic mass is 35.5. The number of hydrogen-bond donors (Lipinski definition) is 1. The number of nitrogens with one attached hydrogen (secondary N) is 1. The summed E-state index contributed by atoms with van der Waals surface area (Å²) >= 11 is 5.75. The van der Waals surface area contributed by atoms with Gasteiger partial charge in [-0.05, 0) is 25.3 Å². The first-order valence-corrected chi connectivity index (χ1v) is 8.13. The lowest BCUT2D eigenvalue weighted by Crippen LogP contribution is -2.35. The zero-order valence-corrected chi connectivity index (χ0v) is 15.1. The van der Waals surface area contributed by atoms with E-state index < -0.39 is 17.1 Å². The largest absolute Gasteiger partial charge is 0.493 e. The molecule has 7 heteroatoms. The van der Waals surface area contributed by atoms with Crippen molar-refractivity contribution < 1.29 is 23.5 Å². The van der Waals surface area contributed by atoms with E-state index in [1.165, 1.54) is 6.07 Å². The van der Waals surface area contributed by atoms with E-state index in [9.17, 15) is 14.0 Å². The van der Waals surface area contributed by atoms with E-state index in [1.54, 1.807) is 13.8 Å². The van der Waals surface area contributed by atoms with Crippen molar-refractivity contribution in [2.45, 2.75) is 34.1 Å². The average Bonchev–Trinajstić information content (AvgIpc) is 2.48. The molecule has 0 aliphatic rings. The Balaban J connectivity index is 2.81. The summed E-state index contributed by atoms with van der Waals surface area (Å²) in [6.45, 7) is 7.99. The van der Waals surface area contributed by atoms with Gasteiger partial charge < -0.3 is 14.8 Å². The Bertz CT molecular complexity index is 604. The Morgan fingerprint density at radius 2 is 1.92 bits per heavy atom. The van der Waals surface area contributed by atoms with Gasteiger partial charge in [-0.2, -0.15) is 0 Å². The van der Waals surface area contributed by atoms with Gasteiger partial charge in [0.05, 0.1) is 30.2 Å². The maximum Gasteiger partial charge on any atom is 0.306 e. The summed E-state index contributed by atoms with van der Waals surface area (Å²) in [5.74, 6) is -1.30. The lowest BCUT2D eigenvalue weighted by Gasteiger charge is -2.24. The summed E-state index contributed by atoms with van der Waals surface area (Å²) in [6, 6.07) is 2.32. The Labute approximate surface area is 146 Å². The van der Waals surface area contributed by atoms with Crippen molar-refractivity contribution in [3.05, 3.63) is 28.5 Å². The molecule has 1 aromatic rings. The molecule has 0 bridgehead atoms. The van der Waals surface area contributed by atoms with Gasteiger partial charge in [0.1, 0.15) is 11.6 Å². The number of rotatable bonds is 8. The Kier molecular flexibility index (Phi) is 7.48. The minimum atomic E-state index is -0.653. The Hall–Kier alpha value is -1.82. The topological polar surface area (TPSA) is 64.6 Å². The van der Waals surface area contributed by atoms with Crippen LogP contribution in [0.3, 0.4) is 0 Å². The van der Waals surface area contributed by atoms with E-state index in [4.69, 9.17) is 21.1 Å². The SMILES string of the molecule is CCOC(=O)CC(C)(C)CNC(=O)c1cc(Cl)c(F)cc1OCC. The van der Waals surface area contributed by atoms with Crippen molar-refractivity contribution in [2.75, 3.05) is 19.8 Å². The van der Waals surface area contributed by atoms with E-state index in [-0.39, 0.29) is 41.9 Å². The molecule has 134 valence electrons. The standard InChI is InChI=1S/C17H23ClFNO4/c1-5-23-14-8-13(19)12(18)7-11(14)16(22)20-10-17(3,4)9-15(21)24-6-2/h7-8H,5-6,9-10H2,1-4H3,(H,20,22). The molecule has 1 N–H and O–H groups in total. The van der Waals surface area contributed by atoms with Crippen LogP contribution in [0.4, 0.5) is 4.39 Å². The van der Waals surface area contributed by atoms with E-state index in [2.05, 4.69) is 5.32 Å². The van der Waals surface area contributed by atoms with Gasteiger partial charge in [-0.25, -0.2) is 4.39 Å². The Morgan fingerprint density at radius 3 is 2.50 bits per heavy atom. The van der Waals surface area contributed by atoms with Crippen molar-refractivity contribution >= 4 is 23.5 Å². The first-order chi connectivity index (χ1) is 11.2. The fourth-order valence-corrected chi connectivity index (χ4v) is 2.22. The highest BCUT2D eigenvalue weighted by Crippen LogP contribution is 2.27. The lowest BCUT2D eigenvalue weighted by atomic mass is 9.89. The molecule has 0 radical (unpaired) electrons. The van der Waals surface area contributed by atoms with Gasteiger partial charge in [0.15, 0.2) is 0 Å². The van der Waals surface area contributed by atoms with Crippen LogP contribution in [0.25, 0.3) is 0 Å².